The van der Waals surface area contributed by atoms with Gasteiger partial charge in [-0.25, -0.2) is 4.98 Å². The van der Waals surface area contributed by atoms with Crippen LogP contribution in [-0.2, 0) is 17.5 Å². The molecule has 0 aliphatic carbocycles. The van der Waals surface area contributed by atoms with Crippen molar-refractivity contribution in [3.63, 3.8) is 0 Å². The molecule has 0 aliphatic heterocycles. The average molecular weight is 352 g/mol. The van der Waals surface area contributed by atoms with E-state index in [-0.39, 0.29) is 0 Å². The van der Waals surface area contributed by atoms with Crippen molar-refractivity contribution in [2.75, 3.05) is 5.32 Å². The van der Waals surface area contributed by atoms with Gasteiger partial charge in [-0.3, -0.25) is 9.59 Å². The summed E-state index contributed by atoms with van der Waals surface area (Å²) >= 11 is 6.70. The molecular weight excluding hydrogens is 343 g/mol. The van der Waals surface area contributed by atoms with Crippen molar-refractivity contribution in [1.82, 2.24) is 9.55 Å². The van der Waals surface area contributed by atoms with Gasteiger partial charge in [0, 0.05) is 17.3 Å². The van der Waals surface area contributed by atoms with E-state index in [0.29, 0.717) is 22.0 Å². The second kappa shape index (κ2) is 6.09. The number of anilines is 1. The lowest BCUT2D eigenvalue weighted by Gasteiger charge is -2.11. The maximum Gasteiger partial charge on any atom is 0.417 e. The van der Waals surface area contributed by atoms with Crippen molar-refractivity contribution in [3.05, 3.63) is 44.3 Å². The minimum Gasteiger partial charge on any atom is -0.304 e. The van der Waals surface area contributed by atoms with E-state index in [1.165, 1.54) is 17.5 Å². The lowest BCUT2D eigenvalue weighted by Crippen LogP contribution is -2.29. The van der Waals surface area contributed by atoms with Gasteiger partial charge in [-0.1, -0.05) is 11.6 Å². The first-order valence-corrected chi connectivity index (χ1v) is 7.05. The number of nitrogens with zero attached hydrogens (tertiary/aromatic N) is 2. The van der Waals surface area contributed by atoms with Crippen LogP contribution in [0.2, 0.25) is 5.02 Å². The number of alkyl halides is 3. The van der Waals surface area contributed by atoms with Crippen LogP contribution in [0.4, 0.5) is 18.3 Å². The van der Waals surface area contributed by atoms with E-state index in [0.717, 1.165) is 4.88 Å². The molecule has 2 aromatic rings. The number of carbonyl (C=O) groups is 1. The van der Waals surface area contributed by atoms with Crippen LogP contribution in [-0.4, -0.2) is 15.5 Å². The summed E-state index contributed by atoms with van der Waals surface area (Å²) in [6.07, 6.45) is -2.57. The van der Waals surface area contributed by atoms with Crippen molar-refractivity contribution in [2.45, 2.75) is 19.6 Å². The fraction of sp³-hybridized carbons (Fsp3) is 0.250. The topological polar surface area (TPSA) is 64.0 Å². The Kier molecular flexibility index (Phi) is 4.57. The van der Waals surface area contributed by atoms with Crippen LogP contribution in [0.3, 0.4) is 0 Å². The van der Waals surface area contributed by atoms with Crippen LogP contribution in [0.1, 0.15) is 10.4 Å². The standard InChI is InChI=1S/C12H9ClF3N3O2S/c1-6-3-17-11(22-6)18-9(20)5-19-4-7(12(14,15)16)2-8(13)10(19)21/h2-4H,5H2,1H3,(H,17,18,20). The molecule has 2 rings (SSSR count). The minimum atomic E-state index is -4.66. The maximum atomic E-state index is 12.7. The summed E-state index contributed by atoms with van der Waals surface area (Å²) in [6.45, 7) is 1.19. The van der Waals surface area contributed by atoms with E-state index in [9.17, 15) is 22.8 Å². The van der Waals surface area contributed by atoms with E-state index >= 15 is 0 Å². The maximum absolute atomic E-state index is 12.7. The second-order valence-corrected chi connectivity index (χ2v) is 5.97. The molecule has 0 aliphatic rings. The summed E-state index contributed by atoms with van der Waals surface area (Å²) < 4.78 is 38.7. The van der Waals surface area contributed by atoms with Gasteiger partial charge in [0.05, 0.1) is 5.56 Å². The summed E-state index contributed by atoms with van der Waals surface area (Å²) in [7, 11) is 0. The van der Waals surface area contributed by atoms with Crippen LogP contribution in [0.15, 0.2) is 23.3 Å². The molecule has 0 bridgehead atoms. The average Bonchev–Trinajstić information content (AvgIpc) is 2.78. The summed E-state index contributed by atoms with van der Waals surface area (Å²) in [5, 5.41) is 2.10. The van der Waals surface area contributed by atoms with Crippen molar-refractivity contribution in [2.24, 2.45) is 0 Å². The van der Waals surface area contributed by atoms with Gasteiger partial charge in [0.15, 0.2) is 5.13 Å². The summed E-state index contributed by atoms with van der Waals surface area (Å²) in [6, 6.07) is 0.530. The van der Waals surface area contributed by atoms with Gasteiger partial charge in [-0.05, 0) is 13.0 Å². The zero-order valence-corrected chi connectivity index (χ0v) is 12.6. The Balaban J connectivity index is 2.23. The van der Waals surface area contributed by atoms with Gasteiger partial charge in [0.2, 0.25) is 5.91 Å². The second-order valence-electron chi connectivity index (χ2n) is 4.33. The first kappa shape index (κ1) is 16.5. The Bertz CT molecular complexity index is 770. The molecule has 1 N–H and O–H groups in total. The third-order valence-electron chi connectivity index (χ3n) is 2.55. The highest BCUT2D eigenvalue weighted by atomic mass is 35.5. The van der Waals surface area contributed by atoms with Crippen molar-refractivity contribution in [3.8, 4) is 0 Å². The normalized spacial score (nSPS) is 11.5. The predicted molar refractivity (Wildman–Crippen MR) is 76.2 cm³/mol. The zero-order valence-electron chi connectivity index (χ0n) is 11.1. The van der Waals surface area contributed by atoms with Gasteiger partial charge in [-0.15, -0.1) is 11.3 Å². The van der Waals surface area contributed by atoms with Gasteiger partial charge < -0.3 is 9.88 Å². The first-order valence-electron chi connectivity index (χ1n) is 5.86. The van der Waals surface area contributed by atoms with Crippen LogP contribution >= 0.6 is 22.9 Å². The van der Waals surface area contributed by atoms with E-state index in [4.69, 9.17) is 11.6 Å². The molecule has 0 aromatic carbocycles. The van der Waals surface area contributed by atoms with Crippen LogP contribution in [0.5, 0.6) is 0 Å². The van der Waals surface area contributed by atoms with E-state index in [2.05, 4.69) is 10.3 Å². The molecule has 5 nitrogen and oxygen atoms in total. The van der Waals surface area contributed by atoms with Crippen molar-refractivity contribution >= 4 is 34.0 Å². The predicted octanol–water partition coefficient (Wildman–Crippen LogP) is 2.92. The van der Waals surface area contributed by atoms with Crippen molar-refractivity contribution in [1.29, 1.82) is 0 Å². The van der Waals surface area contributed by atoms with E-state index < -0.39 is 34.8 Å². The number of pyridine rings is 1. The number of thiazole rings is 1. The van der Waals surface area contributed by atoms with Gasteiger partial charge in [0.1, 0.15) is 11.6 Å². The Morgan fingerprint density at radius 3 is 2.73 bits per heavy atom. The molecule has 2 heterocycles. The monoisotopic (exact) mass is 351 g/mol. The summed E-state index contributed by atoms with van der Waals surface area (Å²) in [4.78, 5) is 28.2. The number of aryl methyl sites for hydroxylation is 1. The van der Waals surface area contributed by atoms with Crippen LogP contribution in [0.25, 0.3) is 0 Å². The molecule has 0 saturated heterocycles. The lowest BCUT2D eigenvalue weighted by atomic mass is 10.2. The number of carbonyl (C=O) groups excluding carboxylic acids is 1. The SMILES string of the molecule is Cc1cnc(NC(=O)Cn2cc(C(F)(F)F)cc(Cl)c2=O)s1. The highest BCUT2D eigenvalue weighted by Crippen LogP contribution is 2.29. The molecule has 0 fully saturated rings. The fourth-order valence-corrected chi connectivity index (χ4v) is 2.50. The highest BCUT2D eigenvalue weighted by molar-refractivity contribution is 7.15. The smallest absolute Gasteiger partial charge is 0.304 e. The molecule has 0 spiro atoms. The Morgan fingerprint density at radius 1 is 1.50 bits per heavy atom. The molecule has 0 saturated carbocycles. The van der Waals surface area contributed by atoms with E-state index in [1.54, 1.807) is 6.92 Å². The third kappa shape index (κ3) is 3.86. The molecular formula is C12H9ClF3N3O2S. The number of rotatable bonds is 3. The van der Waals surface area contributed by atoms with Crippen LogP contribution < -0.4 is 10.9 Å². The molecule has 10 heteroatoms. The zero-order chi connectivity index (χ0) is 16.5. The van der Waals surface area contributed by atoms with Gasteiger partial charge in [-0.2, -0.15) is 13.2 Å². The number of nitrogens with one attached hydrogen (secondary N) is 1. The summed E-state index contributed by atoms with van der Waals surface area (Å²) in [5.74, 6) is -0.674. The third-order valence-corrected chi connectivity index (χ3v) is 3.65. The Hall–Kier alpha value is -1.87. The lowest BCUT2D eigenvalue weighted by molar-refractivity contribution is -0.138. The molecule has 118 valence electrons. The Labute approximate surface area is 131 Å². The molecule has 22 heavy (non-hydrogen) atoms. The Morgan fingerprint density at radius 2 is 2.18 bits per heavy atom. The van der Waals surface area contributed by atoms with E-state index in [1.807, 2.05) is 0 Å². The number of hydrogen-bond acceptors (Lipinski definition) is 4. The summed E-state index contributed by atoms with van der Waals surface area (Å²) in [5.41, 5.74) is -1.98. The number of hydrogen-bond donors (Lipinski definition) is 1. The number of halogens is 4. The molecule has 0 atom stereocenters. The largest absolute Gasteiger partial charge is 0.417 e. The molecule has 0 unspecified atom stereocenters. The molecule has 1 amide bonds. The number of amides is 1. The van der Waals surface area contributed by atoms with Crippen LogP contribution in [0, 0.1) is 6.92 Å². The molecule has 0 radical (unpaired) electrons. The number of aromatic nitrogens is 2. The molecule has 2 aromatic heterocycles. The van der Waals surface area contributed by atoms with Gasteiger partial charge in [0.25, 0.3) is 5.56 Å². The van der Waals surface area contributed by atoms with Gasteiger partial charge >= 0.3 is 6.18 Å². The quantitative estimate of drug-likeness (QED) is 0.924. The van der Waals surface area contributed by atoms with Crippen molar-refractivity contribution < 1.29 is 18.0 Å². The fourth-order valence-electron chi connectivity index (χ4n) is 1.60. The first-order chi connectivity index (χ1) is 10.2. The highest BCUT2D eigenvalue weighted by Gasteiger charge is 2.32. The minimum absolute atomic E-state index is 0.300.